The van der Waals surface area contributed by atoms with Gasteiger partial charge >= 0.3 is 0 Å². The average Bonchev–Trinajstić information content (AvgIpc) is 3.75. The van der Waals surface area contributed by atoms with Gasteiger partial charge in [-0.25, -0.2) is 9.97 Å². The first-order chi connectivity index (χ1) is 25.6. The van der Waals surface area contributed by atoms with E-state index in [0.717, 1.165) is 72.7 Å². The topological polar surface area (TPSA) is 44.4 Å². The summed E-state index contributed by atoms with van der Waals surface area (Å²) in [5.41, 5.74) is 10.9. The summed E-state index contributed by atoms with van der Waals surface area (Å²) in [5, 5.41) is 5.74. The fourth-order valence-corrected chi connectivity index (χ4v) is 8.58. The van der Waals surface area contributed by atoms with Gasteiger partial charge in [0.1, 0.15) is 23.0 Å². The second-order valence-electron chi connectivity index (χ2n) is 14.2. The number of nitrogens with zero attached hydrogens (tertiary/aromatic N) is 4. The van der Waals surface area contributed by atoms with Crippen LogP contribution in [0.1, 0.15) is 25.0 Å². The smallest absolute Gasteiger partial charge is 0.146 e. The van der Waals surface area contributed by atoms with E-state index in [2.05, 4.69) is 162 Å². The Balaban J connectivity index is 1.13. The number of rotatable bonds is 4. The first-order valence-corrected chi connectivity index (χ1v) is 17.8. The van der Waals surface area contributed by atoms with Crippen LogP contribution in [0.25, 0.3) is 77.5 Å². The van der Waals surface area contributed by atoms with E-state index in [9.17, 15) is 0 Å². The summed E-state index contributed by atoms with van der Waals surface area (Å²) in [4.78, 5) is 10.3. The quantitative estimate of drug-likeness (QED) is 0.175. The van der Waals surface area contributed by atoms with Crippen LogP contribution in [0, 0.1) is 0 Å². The van der Waals surface area contributed by atoms with Crippen molar-refractivity contribution >= 4 is 49.1 Å². The molecule has 0 saturated heterocycles. The number of imidazole rings is 1. The maximum Gasteiger partial charge on any atom is 0.146 e. The molecule has 5 nitrogen and oxygen atoms in total. The Labute approximate surface area is 300 Å². The molecule has 0 saturated carbocycles. The lowest BCUT2D eigenvalue weighted by atomic mass is 9.76. The van der Waals surface area contributed by atoms with Gasteiger partial charge in [-0.2, -0.15) is 0 Å². The van der Waals surface area contributed by atoms with Crippen molar-refractivity contribution < 1.29 is 4.74 Å². The maximum atomic E-state index is 6.76. The fraction of sp³-hybridized carbons (Fsp3) is 0.0638. The average molecular weight is 669 g/mol. The van der Waals surface area contributed by atoms with Gasteiger partial charge in [0.25, 0.3) is 0 Å². The molecule has 6 aromatic carbocycles. The first-order valence-electron chi connectivity index (χ1n) is 17.8. The van der Waals surface area contributed by atoms with Crippen molar-refractivity contribution in [2.75, 3.05) is 0 Å². The number of para-hydroxylation sites is 2. The van der Waals surface area contributed by atoms with Gasteiger partial charge in [0, 0.05) is 55.9 Å². The minimum Gasteiger partial charge on any atom is -0.457 e. The third kappa shape index (κ3) is 3.99. The van der Waals surface area contributed by atoms with E-state index in [1.807, 2.05) is 18.3 Å². The maximum absolute atomic E-state index is 6.76. The van der Waals surface area contributed by atoms with Gasteiger partial charge in [0.05, 0.1) is 27.9 Å². The van der Waals surface area contributed by atoms with Gasteiger partial charge in [-0.3, -0.25) is 8.97 Å². The molecule has 0 unspecified atom stereocenters. The molecular weight excluding hydrogens is 637 g/mol. The summed E-state index contributed by atoms with van der Waals surface area (Å²) >= 11 is 0. The van der Waals surface area contributed by atoms with Crippen LogP contribution in [0.3, 0.4) is 0 Å². The Hall–Kier alpha value is -6.72. The third-order valence-electron chi connectivity index (χ3n) is 11.0. The fourth-order valence-electron chi connectivity index (χ4n) is 8.58. The second kappa shape index (κ2) is 10.6. The molecule has 0 aliphatic carbocycles. The molecule has 0 fully saturated rings. The molecule has 1 aliphatic heterocycles. The monoisotopic (exact) mass is 668 g/mol. The third-order valence-corrected chi connectivity index (χ3v) is 11.0. The van der Waals surface area contributed by atoms with Crippen LogP contribution in [-0.4, -0.2) is 18.9 Å². The number of hydrogen-bond acceptors (Lipinski definition) is 3. The molecule has 5 heteroatoms. The Kier molecular flexibility index (Phi) is 5.95. The summed E-state index contributed by atoms with van der Waals surface area (Å²) < 4.78 is 11.4. The van der Waals surface area contributed by atoms with Gasteiger partial charge in [0.2, 0.25) is 0 Å². The molecule has 0 atom stereocenters. The van der Waals surface area contributed by atoms with E-state index in [1.54, 1.807) is 0 Å². The molecule has 0 spiro atoms. The van der Waals surface area contributed by atoms with Gasteiger partial charge in [-0.15, -0.1) is 0 Å². The number of ether oxygens (including phenoxy) is 1. The van der Waals surface area contributed by atoms with E-state index >= 15 is 0 Å². The molecule has 11 rings (SSSR count). The summed E-state index contributed by atoms with van der Waals surface area (Å²) in [6.45, 7) is 4.59. The largest absolute Gasteiger partial charge is 0.457 e. The van der Waals surface area contributed by atoms with Crippen molar-refractivity contribution in [3.8, 4) is 39.8 Å². The van der Waals surface area contributed by atoms with Crippen LogP contribution in [0.5, 0.6) is 11.5 Å². The van der Waals surface area contributed by atoms with E-state index in [4.69, 9.17) is 14.7 Å². The minimum atomic E-state index is -0.166. The number of benzene rings is 6. The Morgan fingerprint density at radius 3 is 2.04 bits per heavy atom. The predicted molar refractivity (Wildman–Crippen MR) is 212 cm³/mol. The lowest BCUT2D eigenvalue weighted by molar-refractivity contribution is 0.484. The zero-order chi connectivity index (χ0) is 34.6. The van der Waals surface area contributed by atoms with Gasteiger partial charge in [-0.1, -0.05) is 117 Å². The molecule has 10 aromatic rings. The van der Waals surface area contributed by atoms with Crippen molar-refractivity contribution in [3.05, 3.63) is 169 Å². The molecular formula is C47H32N4O. The Morgan fingerprint density at radius 2 is 1.21 bits per heavy atom. The van der Waals surface area contributed by atoms with Crippen molar-refractivity contribution in [2.45, 2.75) is 19.3 Å². The summed E-state index contributed by atoms with van der Waals surface area (Å²) in [6.07, 6.45) is 1.89. The van der Waals surface area contributed by atoms with E-state index in [-0.39, 0.29) is 5.41 Å². The van der Waals surface area contributed by atoms with Crippen LogP contribution in [0.4, 0.5) is 0 Å². The number of aromatic nitrogens is 4. The second-order valence-corrected chi connectivity index (χ2v) is 14.2. The van der Waals surface area contributed by atoms with E-state index in [1.165, 1.54) is 27.4 Å². The highest BCUT2D eigenvalue weighted by Gasteiger charge is 2.35. The minimum absolute atomic E-state index is 0.166. The standard InChI is InChI=1S/C47H32N4O/c1-47(2)38-19-11-18-36-35-25-23-32(28-41(35)51(44(36)38)46-39(47)20-12-26-48-46)52-31-22-24-33-34-17-9-10-21-40(34)50-43(30-15-7-4-8-16-30)42(29-13-5-3-6-14-29)49-45(50)37(33)27-31/h3-28H,1-2H3. The van der Waals surface area contributed by atoms with Crippen molar-refractivity contribution in [2.24, 2.45) is 0 Å². The van der Waals surface area contributed by atoms with Crippen LogP contribution in [-0.2, 0) is 5.41 Å². The van der Waals surface area contributed by atoms with E-state index in [0.29, 0.717) is 0 Å². The van der Waals surface area contributed by atoms with Crippen LogP contribution in [0.15, 0.2) is 158 Å². The Bertz CT molecular complexity index is 3060. The highest BCUT2D eigenvalue weighted by Crippen LogP contribution is 2.47. The lowest BCUT2D eigenvalue weighted by Crippen LogP contribution is -2.26. The summed E-state index contributed by atoms with van der Waals surface area (Å²) in [6, 6.07) is 53.4. The van der Waals surface area contributed by atoms with Crippen molar-refractivity contribution in [1.29, 1.82) is 0 Å². The molecule has 0 radical (unpaired) electrons. The lowest BCUT2D eigenvalue weighted by Gasteiger charge is -2.33. The van der Waals surface area contributed by atoms with E-state index < -0.39 is 0 Å². The molecule has 0 N–H and O–H groups in total. The first kappa shape index (κ1) is 29.1. The zero-order valence-corrected chi connectivity index (χ0v) is 28.7. The summed E-state index contributed by atoms with van der Waals surface area (Å²) in [7, 11) is 0. The molecule has 0 amide bonds. The molecule has 1 aliphatic rings. The number of pyridine rings is 2. The van der Waals surface area contributed by atoms with Crippen LogP contribution >= 0.6 is 0 Å². The SMILES string of the molecule is CC1(C)c2cccnc2-n2c3cc(Oc4ccc5c6ccccc6n6c(-c7ccccc7)c(-c7ccccc7)nc6c5c4)ccc3c3cccc1c32. The molecule has 5 heterocycles. The Morgan fingerprint density at radius 1 is 0.538 bits per heavy atom. The normalized spacial score (nSPS) is 13.3. The van der Waals surface area contributed by atoms with Gasteiger partial charge < -0.3 is 4.74 Å². The van der Waals surface area contributed by atoms with Gasteiger partial charge in [-0.05, 0) is 53.4 Å². The van der Waals surface area contributed by atoms with Crippen LogP contribution in [0.2, 0.25) is 0 Å². The molecule has 52 heavy (non-hydrogen) atoms. The zero-order valence-electron chi connectivity index (χ0n) is 28.7. The molecule has 246 valence electrons. The summed E-state index contributed by atoms with van der Waals surface area (Å²) in [5.74, 6) is 2.50. The van der Waals surface area contributed by atoms with Crippen LogP contribution < -0.4 is 4.74 Å². The highest BCUT2D eigenvalue weighted by atomic mass is 16.5. The van der Waals surface area contributed by atoms with Gasteiger partial charge in [0.15, 0.2) is 0 Å². The number of hydrogen-bond donors (Lipinski definition) is 0. The van der Waals surface area contributed by atoms with Crippen molar-refractivity contribution in [1.82, 2.24) is 18.9 Å². The number of fused-ring (bicyclic) bond motifs is 11. The van der Waals surface area contributed by atoms with Crippen molar-refractivity contribution in [3.63, 3.8) is 0 Å². The predicted octanol–water partition coefficient (Wildman–Crippen LogP) is 11.9. The molecule has 4 aromatic heterocycles. The molecule has 0 bridgehead atoms. The highest BCUT2D eigenvalue weighted by molar-refractivity contribution is 6.14.